The number of non-ortho nitro benzene ring substituents is 1. The molecule has 13 heteroatoms. The minimum absolute atomic E-state index is 0.0119. The van der Waals surface area contributed by atoms with Crippen molar-refractivity contribution in [2.24, 2.45) is 0 Å². The maximum absolute atomic E-state index is 12.9. The number of amides is 1. The molecular weight excluding hydrogens is 478 g/mol. The molecule has 3 rings (SSSR count). The summed E-state index contributed by atoms with van der Waals surface area (Å²) in [5.74, 6) is -1.46. The fourth-order valence-electron chi connectivity index (χ4n) is 3.33. The molecule has 0 aromatic heterocycles. The summed E-state index contributed by atoms with van der Waals surface area (Å²) in [6.07, 6.45) is 0.690. The number of sulfonamides is 1. The molecule has 1 heterocycles. The number of carbonyl (C=O) groups is 2. The van der Waals surface area contributed by atoms with Crippen LogP contribution in [0.3, 0.4) is 0 Å². The Labute approximate surface area is 194 Å². The van der Waals surface area contributed by atoms with Crippen molar-refractivity contribution in [2.75, 3.05) is 25.6 Å². The number of nitro benzene ring substituents is 1. The van der Waals surface area contributed by atoms with Crippen LogP contribution in [0.5, 0.6) is 5.75 Å². The summed E-state index contributed by atoms with van der Waals surface area (Å²) in [7, 11) is -2.64. The third-order valence-electron chi connectivity index (χ3n) is 4.91. The van der Waals surface area contributed by atoms with E-state index in [2.05, 4.69) is 5.32 Å². The number of carbonyl (C=O) groups excluding carboxylic acids is 2. The Balaban J connectivity index is 1.65. The second kappa shape index (κ2) is 10.1. The monoisotopic (exact) mass is 497 g/mol. The summed E-state index contributed by atoms with van der Waals surface area (Å²) in [5.41, 5.74) is -0.238. The number of nitrogens with zero attached hydrogens (tertiary/aromatic N) is 2. The first-order valence-corrected chi connectivity index (χ1v) is 11.5. The van der Waals surface area contributed by atoms with Gasteiger partial charge in [-0.15, -0.1) is 0 Å². The topological polar surface area (TPSA) is 145 Å². The van der Waals surface area contributed by atoms with Crippen LogP contribution in [0.4, 0.5) is 11.4 Å². The number of benzene rings is 2. The van der Waals surface area contributed by atoms with Gasteiger partial charge < -0.3 is 14.8 Å². The van der Waals surface area contributed by atoms with Crippen LogP contribution in [-0.2, 0) is 24.3 Å². The van der Waals surface area contributed by atoms with E-state index >= 15 is 0 Å². The van der Waals surface area contributed by atoms with Crippen molar-refractivity contribution in [2.45, 2.75) is 23.8 Å². The summed E-state index contributed by atoms with van der Waals surface area (Å²) in [4.78, 5) is 35.1. The van der Waals surface area contributed by atoms with Crippen LogP contribution in [0.15, 0.2) is 47.4 Å². The van der Waals surface area contributed by atoms with Crippen LogP contribution in [0.25, 0.3) is 0 Å². The first-order chi connectivity index (χ1) is 15.6. The maximum Gasteiger partial charge on any atom is 0.324 e. The lowest BCUT2D eigenvalue weighted by Crippen LogP contribution is -2.42. The van der Waals surface area contributed by atoms with E-state index in [1.165, 1.54) is 43.5 Å². The van der Waals surface area contributed by atoms with E-state index in [1.807, 2.05) is 0 Å². The van der Waals surface area contributed by atoms with Gasteiger partial charge >= 0.3 is 5.97 Å². The first kappa shape index (κ1) is 24.4. The van der Waals surface area contributed by atoms with Crippen molar-refractivity contribution in [3.63, 3.8) is 0 Å². The predicted molar refractivity (Wildman–Crippen MR) is 118 cm³/mol. The zero-order chi connectivity index (χ0) is 24.2. The molecule has 1 fully saturated rings. The van der Waals surface area contributed by atoms with Gasteiger partial charge in [-0.1, -0.05) is 11.6 Å². The van der Waals surface area contributed by atoms with Crippen molar-refractivity contribution < 1.29 is 32.4 Å². The summed E-state index contributed by atoms with van der Waals surface area (Å²) in [5, 5.41) is 13.7. The molecule has 0 radical (unpaired) electrons. The number of rotatable bonds is 8. The van der Waals surface area contributed by atoms with Crippen LogP contribution in [0.2, 0.25) is 5.02 Å². The molecule has 33 heavy (non-hydrogen) atoms. The highest BCUT2D eigenvalue weighted by Crippen LogP contribution is 2.29. The van der Waals surface area contributed by atoms with Crippen LogP contribution >= 0.6 is 11.6 Å². The summed E-state index contributed by atoms with van der Waals surface area (Å²) in [6, 6.07) is 8.12. The molecule has 1 atom stereocenters. The molecule has 1 saturated heterocycles. The zero-order valence-corrected chi connectivity index (χ0v) is 19.0. The molecule has 0 spiro atoms. The molecule has 11 nitrogen and oxygen atoms in total. The SMILES string of the molecule is COc1ccc([N+](=O)[O-])cc1NC(=O)COC(=O)[C@@H]1CCCN1S(=O)(=O)c1ccc(Cl)cc1. The Kier molecular flexibility index (Phi) is 7.51. The van der Waals surface area contributed by atoms with Crippen LogP contribution in [0.1, 0.15) is 12.8 Å². The highest BCUT2D eigenvalue weighted by molar-refractivity contribution is 7.89. The van der Waals surface area contributed by atoms with Gasteiger partial charge in [-0.25, -0.2) is 8.42 Å². The minimum atomic E-state index is -3.97. The normalized spacial score (nSPS) is 16.2. The molecule has 1 amide bonds. The summed E-state index contributed by atoms with van der Waals surface area (Å²) < 4.78 is 37.0. The van der Waals surface area contributed by atoms with Crippen molar-refractivity contribution in [3.05, 3.63) is 57.6 Å². The highest BCUT2D eigenvalue weighted by Gasteiger charge is 2.40. The number of nitrogens with one attached hydrogen (secondary N) is 1. The lowest BCUT2D eigenvalue weighted by atomic mass is 10.2. The Morgan fingerprint density at radius 2 is 1.94 bits per heavy atom. The van der Waals surface area contributed by atoms with Gasteiger partial charge in [0.05, 0.1) is 22.6 Å². The van der Waals surface area contributed by atoms with E-state index in [-0.39, 0.29) is 35.0 Å². The lowest BCUT2D eigenvalue weighted by Gasteiger charge is -2.22. The smallest absolute Gasteiger partial charge is 0.324 e. The minimum Gasteiger partial charge on any atom is -0.495 e. The van der Waals surface area contributed by atoms with Crippen LogP contribution in [0, 0.1) is 10.1 Å². The zero-order valence-electron chi connectivity index (χ0n) is 17.4. The highest BCUT2D eigenvalue weighted by atomic mass is 35.5. The number of ether oxygens (including phenoxy) is 2. The number of hydrogen-bond donors (Lipinski definition) is 1. The number of methoxy groups -OCH3 is 1. The van der Waals surface area contributed by atoms with Crippen molar-refractivity contribution in [1.82, 2.24) is 4.31 Å². The molecule has 1 N–H and O–H groups in total. The summed E-state index contributed by atoms with van der Waals surface area (Å²) >= 11 is 5.81. The second-order valence-electron chi connectivity index (χ2n) is 7.03. The van der Waals surface area contributed by atoms with Crippen molar-refractivity contribution in [1.29, 1.82) is 0 Å². The molecule has 0 aliphatic carbocycles. The van der Waals surface area contributed by atoms with Gasteiger partial charge in [0.1, 0.15) is 11.8 Å². The standard InChI is InChI=1S/C20H20ClN3O8S/c1-31-18-9-6-14(24(27)28)11-16(18)22-19(25)12-32-20(26)17-3-2-10-23(17)33(29,30)15-7-4-13(21)5-8-15/h4-9,11,17H,2-3,10,12H2,1H3,(H,22,25)/t17-/m0/s1. The summed E-state index contributed by atoms with van der Waals surface area (Å²) in [6.45, 7) is -0.585. The fraction of sp³-hybridized carbons (Fsp3) is 0.300. The molecule has 1 aliphatic rings. The maximum atomic E-state index is 12.9. The van der Waals surface area contributed by atoms with E-state index < -0.39 is 39.5 Å². The average molecular weight is 498 g/mol. The number of halogens is 1. The molecule has 0 bridgehead atoms. The van der Waals surface area contributed by atoms with E-state index in [1.54, 1.807) is 0 Å². The Morgan fingerprint density at radius 3 is 2.58 bits per heavy atom. The third kappa shape index (κ3) is 5.59. The molecule has 1 aliphatic heterocycles. The van der Waals surface area contributed by atoms with Crippen LogP contribution in [-0.4, -0.2) is 55.8 Å². The number of hydrogen-bond acceptors (Lipinski definition) is 8. The average Bonchev–Trinajstić information content (AvgIpc) is 3.29. The Morgan fingerprint density at radius 1 is 1.24 bits per heavy atom. The molecule has 2 aromatic rings. The predicted octanol–water partition coefficient (Wildman–Crippen LogP) is 2.59. The fourth-order valence-corrected chi connectivity index (χ4v) is 5.10. The van der Waals surface area contributed by atoms with Crippen molar-refractivity contribution in [3.8, 4) is 5.75 Å². The largest absolute Gasteiger partial charge is 0.495 e. The van der Waals surface area contributed by atoms with Gasteiger partial charge in [-0.3, -0.25) is 19.7 Å². The van der Waals surface area contributed by atoms with Crippen LogP contribution < -0.4 is 10.1 Å². The van der Waals surface area contributed by atoms with Crippen molar-refractivity contribution >= 4 is 44.9 Å². The van der Waals surface area contributed by atoms with Gasteiger partial charge in [-0.2, -0.15) is 4.31 Å². The molecule has 0 unspecified atom stereocenters. The van der Waals surface area contributed by atoms with Gasteiger partial charge in [0.25, 0.3) is 11.6 Å². The lowest BCUT2D eigenvalue weighted by molar-refractivity contribution is -0.384. The van der Waals surface area contributed by atoms with E-state index in [9.17, 15) is 28.1 Å². The van der Waals surface area contributed by atoms with Gasteiger partial charge in [0.2, 0.25) is 10.0 Å². The Bertz CT molecular complexity index is 1170. The quantitative estimate of drug-likeness (QED) is 0.332. The third-order valence-corrected chi connectivity index (χ3v) is 7.08. The molecular formula is C20H20ClN3O8S. The molecule has 0 saturated carbocycles. The van der Waals surface area contributed by atoms with Gasteiger partial charge in [0, 0.05) is 23.7 Å². The first-order valence-electron chi connectivity index (χ1n) is 9.70. The second-order valence-corrected chi connectivity index (χ2v) is 9.35. The Hall–Kier alpha value is -3.22. The molecule has 176 valence electrons. The number of anilines is 1. The van der Waals surface area contributed by atoms with E-state index in [0.29, 0.717) is 11.4 Å². The number of esters is 1. The molecule has 2 aromatic carbocycles. The number of nitro groups is 1. The van der Waals surface area contributed by atoms with Gasteiger partial charge in [-0.05, 0) is 43.2 Å². The van der Waals surface area contributed by atoms with Gasteiger partial charge in [0.15, 0.2) is 6.61 Å². The van der Waals surface area contributed by atoms with E-state index in [4.69, 9.17) is 21.1 Å². The van der Waals surface area contributed by atoms with E-state index in [0.717, 1.165) is 10.4 Å².